The average molecular weight is 377 g/mol. The number of amides is 1. The van der Waals surface area contributed by atoms with Crippen molar-refractivity contribution in [2.24, 2.45) is 0 Å². The third-order valence-corrected chi connectivity index (χ3v) is 4.99. The van der Waals surface area contributed by atoms with E-state index in [0.29, 0.717) is 32.7 Å². The van der Waals surface area contributed by atoms with Crippen LogP contribution in [0.1, 0.15) is 6.42 Å². The second kappa shape index (κ2) is 7.10. The summed E-state index contributed by atoms with van der Waals surface area (Å²) < 4.78 is 29.2. The molecule has 8 nitrogen and oxygen atoms in total. The van der Waals surface area contributed by atoms with Crippen molar-refractivity contribution in [2.75, 3.05) is 56.4 Å². The molecule has 2 aromatic rings. The zero-order valence-electron chi connectivity index (χ0n) is 14.8. The van der Waals surface area contributed by atoms with Crippen molar-refractivity contribution in [1.29, 1.82) is 0 Å². The number of halogens is 2. The maximum Gasteiger partial charge on any atom is 0.236 e. The molecule has 27 heavy (non-hydrogen) atoms. The van der Waals surface area contributed by atoms with Gasteiger partial charge in [0.1, 0.15) is 5.82 Å². The van der Waals surface area contributed by atoms with E-state index in [1.54, 1.807) is 4.90 Å². The van der Waals surface area contributed by atoms with Crippen molar-refractivity contribution in [2.45, 2.75) is 6.42 Å². The Labute approximate surface area is 155 Å². The Hall–Kier alpha value is -2.75. The summed E-state index contributed by atoms with van der Waals surface area (Å²) >= 11 is 0. The van der Waals surface area contributed by atoms with Crippen LogP contribution >= 0.6 is 0 Å². The summed E-state index contributed by atoms with van der Waals surface area (Å²) in [6.07, 6.45) is 2.43. The molecule has 2 aliphatic rings. The van der Waals surface area contributed by atoms with E-state index in [0.717, 1.165) is 30.3 Å². The topological polar surface area (TPSA) is 83.5 Å². The first-order valence-corrected chi connectivity index (χ1v) is 8.94. The lowest BCUT2D eigenvalue weighted by Gasteiger charge is -2.38. The number of rotatable bonds is 4. The third-order valence-electron chi connectivity index (χ3n) is 4.99. The molecule has 0 spiro atoms. The van der Waals surface area contributed by atoms with Crippen molar-refractivity contribution in [3.63, 3.8) is 0 Å². The van der Waals surface area contributed by atoms with Crippen molar-refractivity contribution < 1.29 is 13.6 Å². The van der Waals surface area contributed by atoms with Gasteiger partial charge in [-0.05, 0) is 19.5 Å². The number of aromatic nitrogens is 3. The molecule has 2 aromatic heterocycles. The van der Waals surface area contributed by atoms with Crippen LogP contribution in [-0.4, -0.2) is 76.3 Å². The summed E-state index contributed by atoms with van der Waals surface area (Å²) in [5.41, 5.74) is 6.10. The van der Waals surface area contributed by atoms with E-state index in [2.05, 4.69) is 15.0 Å². The fourth-order valence-corrected chi connectivity index (χ4v) is 3.35. The van der Waals surface area contributed by atoms with Gasteiger partial charge in [-0.3, -0.25) is 9.69 Å². The second-order valence-electron chi connectivity index (χ2n) is 6.78. The molecule has 4 heterocycles. The molecular weight excluding hydrogens is 356 g/mol. The number of piperazine rings is 1. The first kappa shape index (κ1) is 17.7. The molecule has 0 saturated carbocycles. The highest BCUT2D eigenvalue weighted by Crippen LogP contribution is 2.27. The van der Waals surface area contributed by atoms with Crippen molar-refractivity contribution in [3.05, 3.63) is 30.1 Å². The predicted octanol–water partition coefficient (Wildman–Crippen LogP) is 0.482. The van der Waals surface area contributed by atoms with E-state index >= 15 is 0 Å². The van der Waals surface area contributed by atoms with Crippen molar-refractivity contribution in [3.8, 4) is 5.82 Å². The zero-order chi connectivity index (χ0) is 19.0. The van der Waals surface area contributed by atoms with Gasteiger partial charge in [-0.15, -0.1) is 5.10 Å². The van der Waals surface area contributed by atoms with Crippen molar-refractivity contribution >= 4 is 17.4 Å². The van der Waals surface area contributed by atoms with Gasteiger partial charge >= 0.3 is 0 Å². The second-order valence-corrected chi connectivity index (χ2v) is 6.78. The first-order chi connectivity index (χ1) is 13.0. The number of nitrogens with zero attached hydrogens (tertiary/aromatic N) is 6. The molecule has 0 radical (unpaired) electrons. The van der Waals surface area contributed by atoms with Gasteiger partial charge in [-0.25, -0.2) is 14.1 Å². The van der Waals surface area contributed by atoms with Crippen LogP contribution in [0.15, 0.2) is 18.3 Å². The average Bonchev–Trinajstić information content (AvgIpc) is 3.06. The highest BCUT2D eigenvalue weighted by Gasteiger charge is 2.27. The minimum atomic E-state index is -0.727. The molecule has 144 valence electrons. The summed E-state index contributed by atoms with van der Waals surface area (Å²) in [6, 6.07) is 2.57. The summed E-state index contributed by atoms with van der Waals surface area (Å²) in [4.78, 5) is 22.0. The number of carbonyl (C=O) groups is 1. The van der Waals surface area contributed by atoms with Gasteiger partial charge < -0.3 is 15.5 Å². The fourth-order valence-electron chi connectivity index (χ4n) is 3.35. The maximum atomic E-state index is 15.0. The standard InChI is InChI=1S/C17H21F2N7O/c18-13-2-5-26(22-13)17-16(19)12(10-14(20)21-17)24-6-8-25(9-7-24)15(27)11-23-3-1-4-23/h2,5,10H,1,3-4,6-9,11H2,(H2,20,21). The Morgan fingerprint density at radius 1 is 1.15 bits per heavy atom. The first-order valence-electron chi connectivity index (χ1n) is 8.94. The van der Waals surface area contributed by atoms with E-state index < -0.39 is 11.8 Å². The number of nitrogen functional groups attached to an aromatic ring is 1. The number of hydrogen-bond acceptors (Lipinski definition) is 6. The molecule has 0 atom stereocenters. The lowest BCUT2D eigenvalue weighted by atomic mass is 10.2. The highest BCUT2D eigenvalue weighted by atomic mass is 19.1. The van der Waals surface area contributed by atoms with Crippen LogP contribution in [0.2, 0.25) is 0 Å². The largest absolute Gasteiger partial charge is 0.384 e. The number of pyridine rings is 1. The van der Waals surface area contributed by atoms with E-state index in [9.17, 15) is 13.6 Å². The molecule has 2 fully saturated rings. The monoisotopic (exact) mass is 377 g/mol. The Bertz CT molecular complexity index is 844. The Kier molecular flexibility index (Phi) is 4.65. The lowest BCUT2D eigenvalue weighted by Crippen LogP contribution is -2.53. The molecule has 0 unspecified atom stereocenters. The van der Waals surface area contributed by atoms with Gasteiger partial charge in [0.05, 0.1) is 12.2 Å². The molecule has 10 heteroatoms. The molecule has 4 rings (SSSR count). The molecule has 2 saturated heterocycles. The minimum Gasteiger partial charge on any atom is -0.384 e. The van der Waals surface area contributed by atoms with E-state index in [4.69, 9.17) is 5.73 Å². The summed E-state index contributed by atoms with van der Waals surface area (Å²) in [5, 5.41) is 3.56. The lowest BCUT2D eigenvalue weighted by molar-refractivity contribution is -0.133. The van der Waals surface area contributed by atoms with E-state index in [1.807, 2.05) is 4.90 Å². The maximum absolute atomic E-state index is 15.0. The van der Waals surface area contributed by atoms with Gasteiger partial charge in [0.25, 0.3) is 0 Å². The minimum absolute atomic E-state index is 0.108. The number of anilines is 2. The smallest absolute Gasteiger partial charge is 0.236 e. The van der Waals surface area contributed by atoms with Crippen LogP contribution in [-0.2, 0) is 4.79 Å². The normalized spacial score (nSPS) is 17.9. The fraction of sp³-hybridized carbons (Fsp3) is 0.471. The van der Waals surface area contributed by atoms with Crippen molar-refractivity contribution in [1.82, 2.24) is 24.6 Å². The molecule has 2 N–H and O–H groups in total. The van der Waals surface area contributed by atoms with E-state index in [-0.39, 0.29) is 23.2 Å². The van der Waals surface area contributed by atoms with E-state index in [1.165, 1.54) is 12.3 Å². The molecule has 1 amide bonds. The SMILES string of the molecule is Nc1cc(N2CCN(C(=O)CN3CCC3)CC2)c(F)c(-n2ccc(F)n2)n1. The Balaban J connectivity index is 1.48. The number of nitrogens with two attached hydrogens (primary N) is 1. The van der Waals surface area contributed by atoms with Crippen LogP contribution in [0.3, 0.4) is 0 Å². The third kappa shape index (κ3) is 3.57. The molecule has 0 aliphatic carbocycles. The van der Waals surface area contributed by atoms with Crippen LogP contribution in [0.5, 0.6) is 0 Å². The Morgan fingerprint density at radius 2 is 1.89 bits per heavy atom. The predicted molar refractivity (Wildman–Crippen MR) is 95.5 cm³/mol. The molecule has 0 bridgehead atoms. The van der Waals surface area contributed by atoms with Crippen LogP contribution in [0, 0.1) is 11.8 Å². The van der Waals surface area contributed by atoms with Crippen LogP contribution < -0.4 is 10.6 Å². The van der Waals surface area contributed by atoms with Gasteiger partial charge in [0.2, 0.25) is 11.9 Å². The van der Waals surface area contributed by atoms with Gasteiger partial charge in [-0.1, -0.05) is 0 Å². The summed E-state index contributed by atoms with van der Waals surface area (Å²) in [6.45, 7) is 4.40. The summed E-state index contributed by atoms with van der Waals surface area (Å²) in [7, 11) is 0. The number of likely N-dealkylation sites (tertiary alicyclic amines) is 1. The van der Waals surface area contributed by atoms with Gasteiger partial charge in [0, 0.05) is 44.5 Å². The number of hydrogen-bond donors (Lipinski definition) is 1. The quantitative estimate of drug-likeness (QED) is 0.835. The molecular formula is C17H21F2N7O. The van der Waals surface area contributed by atoms with Crippen LogP contribution in [0.25, 0.3) is 5.82 Å². The van der Waals surface area contributed by atoms with Crippen LogP contribution in [0.4, 0.5) is 20.3 Å². The Morgan fingerprint density at radius 3 is 2.48 bits per heavy atom. The van der Waals surface area contributed by atoms with Gasteiger partial charge in [0.15, 0.2) is 11.6 Å². The summed E-state index contributed by atoms with van der Waals surface area (Å²) in [5.74, 6) is -1.27. The zero-order valence-corrected chi connectivity index (χ0v) is 14.8. The highest BCUT2D eigenvalue weighted by molar-refractivity contribution is 5.78. The molecule has 2 aliphatic heterocycles. The number of carbonyl (C=O) groups excluding carboxylic acids is 1. The molecule has 0 aromatic carbocycles. The van der Waals surface area contributed by atoms with Gasteiger partial charge in [-0.2, -0.15) is 4.39 Å².